The highest BCUT2D eigenvalue weighted by Crippen LogP contribution is 2.47. The predicted octanol–water partition coefficient (Wildman–Crippen LogP) is 3.53. The molecule has 0 fully saturated rings. The average Bonchev–Trinajstić information content (AvgIpc) is 2.67. The quantitative estimate of drug-likeness (QED) is 0.594. The van der Waals surface area contributed by atoms with Gasteiger partial charge in [0.25, 0.3) is 0 Å². The highest BCUT2D eigenvalue weighted by molar-refractivity contribution is 7.91. The van der Waals surface area contributed by atoms with Crippen LogP contribution in [-0.2, 0) is 9.84 Å². The third kappa shape index (κ3) is 4.45. The lowest BCUT2D eigenvalue weighted by atomic mass is 10.3. The molecule has 9 heteroatoms. The van der Waals surface area contributed by atoms with E-state index < -0.39 is 9.84 Å². The number of hydrogen-bond acceptors (Lipinski definition) is 8. The Morgan fingerprint density at radius 1 is 0.621 bits per heavy atom. The van der Waals surface area contributed by atoms with Gasteiger partial charge in [0.15, 0.2) is 23.0 Å². The second kappa shape index (κ2) is 9.60. The fourth-order valence-corrected chi connectivity index (χ4v) is 4.26. The minimum atomic E-state index is -4.19. The van der Waals surface area contributed by atoms with Crippen molar-refractivity contribution in [2.24, 2.45) is 0 Å². The maximum absolute atomic E-state index is 13.5. The van der Waals surface area contributed by atoms with Gasteiger partial charge in [0.2, 0.25) is 21.3 Å². The van der Waals surface area contributed by atoms with Gasteiger partial charge in [-0.05, 0) is 52.0 Å². The molecule has 2 N–H and O–H groups in total. The third-order valence-electron chi connectivity index (χ3n) is 3.84. The Morgan fingerprint density at radius 3 is 1.24 bits per heavy atom. The number of phenols is 2. The monoisotopic (exact) mass is 426 g/mol. The van der Waals surface area contributed by atoms with Crippen LogP contribution in [0.15, 0.2) is 34.1 Å². The third-order valence-corrected chi connectivity index (χ3v) is 5.65. The highest BCUT2D eigenvalue weighted by atomic mass is 32.2. The maximum Gasteiger partial charge on any atom is 0.214 e. The first kappa shape index (κ1) is 22.5. The van der Waals surface area contributed by atoms with Crippen molar-refractivity contribution in [3.05, 3.63) is 24.3 Å². The summed E-state index contributed by atoms with van der Waals surface area (Å²) in [6, 6.07) is 4.93. The average molecular weight is 426 g/mol. The van der Waals surface area contributed by atoms with E-state index in [1.807, 2.05) is 0 Å². The van der Waals surface area contributed by atoms with Gasteiger partial charge in [-0.2, -0.15) is 0 Å². The molecule has 0 amide bonds. The van der Waals surface area contributed by atoms with Crippen LogP contribution in [0.1, 0.15) is 27.7 Å². The molecular formula is C20H26O8S. The Labute approximate surface area is 170 Å². The first-order chi connectivity index (χ1) is 13.8. The molecule has 160 valence electrons. The van der Waals surface area contributed by atoms with Crippen LogP contribution in [0, 0.1) is 0 Å². The van der Waals surface area contributed by atoms with Gasteiger partial charge in [-0.15, -0.1) is 0 Å². The van der Waals surface area contributed by atoms with Crippen molar-refractivity contribution in [3.8, 4) is 34.5 Å². The molecule has 0 heterocycles. The van der Waals surface area contributed by atoms with Crippen LogP contribution in [0.2, 0.25) is 0 Å². The van der Waals surface area contributed by atoms with Crippen LogP contribution in [0.25, 0.3) is 0 Å². The van der Waals surface area contributed by atoms with Gasteiger partial charge in [-0.1, -0.05) is 0 Å². The van der Waals surface area contributed by atoms with Crippen molar-refractivity contribution in [2.75, 3.05) is 26.4 Å². The summed E-state index contributed by atoms with van der Waals surface area (Å²) >= 11 is 0. The van der Waals surface area contributed by atoms with Crippen molar-refractivity contribution in [1.82, 2.24) is 0 Å². The van der Waals surface area contributed by atoms with Crippen molar-refractivity contribution in [3.63, 3.8) is 0 Å². The second-order valence-corrected chi connectivity index (χ2v) is 7.60. The first-order valence-corrected chi connectivity index (χ1v) is 10.8. The van der Waals surface area contributed by atoms with Gasteiger partial charge >= 0.3 is 0 Å². The lowest BCUT2D eigenvalue weighted by Crippen LogP contribution is -2.10. The van der Waals surface area contributed by atoms with E-state index in [1.165, 1.54) is 24.3 Å². The summed E-state index contributed by atoms with van der Waals surface area (Å²) in [5.74, 6) is -0.778. The molecule has 0 aliphatic carbocycles. The fraction of sp³-hybridized carbons (Fsp3) is 0.400. The zero-order valence-electron chi connectivity index (χ0n) is 16.9. The molecule has 8 nitrogen and oxygen atoms in total. The summed E-state index contributed by atoms with van der Waals surface area (Å²) < 4.78 is 48.9. The van der Waals surface area contributed by atoms with Crippen LogP contribution < -0.4 is 18.9 Å². The molecule has 0 radical (unpaired) electrons. The molecule has 0 bridgehead atoms. The number of rotatable bonds is 10. The van der Waals surface area contributed by atoms with Gasteiger partial charge in [-0.25, -0.2) is 8.42 Å². The van der Waals surface area contributed by atoms with Crippen molar-refractivity contribution >= 4 is 9.84 Å². The number of aromatic hydroxyl groups is 2. The Kier molecular flexibility index (Phi) is 7.44. The number of hydrogen-bond donors (Lipinski definition) is 2. The molecule has 2 aromatic rings. The molecule has 0 aliphatic rings. The Balaban J connectivity index is 2.80. The van der Waals surface area contributed by atoms with E-state index in [2.05, 4.69) is 0 Å². The highest BCUT2D eigenvalue weighted by Gasteiger charge is 2.32. The Hall–Kier alpha value is -2.81. The fourth-order valence-electron chi connectivity index (χ4n) is 2.74. The molecule has 0 saturated carbocycles. The summed E-state index contributed by atoms with van der Waals surface area (Å²) in [4.78, 5) is -0.399. The lowest BCUT2D eigenvalue weighted by Gasteiger charge is -2.19. The smallest absolute Gasteiger partial charge is 0.214 e. The van der Waals surface area contributed by atoms with Crippen molar-refractivity contribution in [1.29, 1.82) is 0 Å². The minimum Gasteiger partial charge on any atom is -0.504 e. The summed E-state index contributed by atoms with van der Waals surface area (Å²) in [5.41, 5.74) is 0. The predicted molar refractivity (Wildman–Crippen MR) is 106 cm³/mol. The molecule has 0 spiro atoms. The molecule has 29 heavy (non-hydrogen) atoms. The summed E-state index contributed by atoms with van der Waals surface area (Å²) in [5, 5.41) is 20.2. The van der Waals surface area contributed by atoms with Gasteiger partial charge in [-0.3, -0.25) is 0 Å². The molecule has 0 aromatic heterocycles. The van der Waals surface area contributed by atoms with E-state index in [4.69, 9.17) is 18.9 Å². The number of phenolic OH excluding ortho intramolecular Hbond substituents is 2. The largest absolute Gasteiger partial charge is 0.504 e. The zero-order chi connectivity index (χ0) is 21.6. The molecule has 0 unspecified atom stereocenters. The lowest BCUT2D eigenvalue weighted by molar-refractivity contribution is 0.267. The van der Waals surface area contributed by atoms with E-state index in [-0.39, 0.29) is 70.7 Å². The number of sulfone groups is 1. The van der Waals surface area contributed by atoms with E-state index >= 15 is 0 Å². The van der Waals surface area contributed by atoms with E-state index in [0.717, 1.165) is 0 Å². The minimum absolute atomic E-state index is 0.0582. The molecule has 2 aromatic carbocycles. The van der Waals surface area contributed by atoms with Crippen LogP contribution in [0.5, 0.6) is 34.5 Å². The topological polar surface area (TPSA) is 112 Å². The summed E-state index contributed by atoms with van der Waals surface area (Å²) in [7, 11) is -4.19. The van der Waals surface area contributed by atoms with Crippen LogP contribution in [0.4, 0.5) is 0 Å². The Morgan fingerprint density at radius 2 is 0.931 bits per heavy atom. The standard InChI is InChI=1S/C20H26O8S/c1-5-25-17-13(21)9-11-15(19(17)27-7-3)29(23,24)16-12-10-14(22)18(26-6-2)20(16)28-8-4/h9-12,21-22H,5-8H2,1-4H3. The zero-order valence-corrected chi connectivity index (χ0v) is 17.7. The molecule has 0 atom stereocenters. The second-order valence-electron chi connectivity index (χ2n) is 5.72. The van der Waals surface area contributed by atoms with Crippen molar-refractivity contribution in [2.45, 2.75) is 37.5 Å². The SMILES string of the molecule is CCOc1c(O)ccc(S(=O)(=O)c2ccc(O)c(OCC)c2OCC)c1OCC. The van der Waals surface area contributed by atoms with Gasteiger partial charge in [0.05, 0.1) is 26.4 Å². The molecule has 0 aliphatic heterocycles. The van der Waals surface area contributed by atoms with E-state index in [1.54, 1.807) is 27.7 Å². The van der Waals surface area contributed by atoms with E-state index in [9.17, 15) is 18.6 Å². The molecule has 0 saturated heterocycles. The van der Waals surface area contributed by atoms with E-state index in [0.29, 0.717) is 0 Å². The number of benzene rings is 2. The van der Waals surface area contributed by atoms with Crippen LogP contribution in [0.3, 0.4) is 0 Å². The normalized spacial score (nSPS) is 11.2. The Bertz CT molecular complexity index is 882. The van der Waals surface area contributed by atoms with Crippen LogP contribution in [-0.4, -0.2) is 45.1 Å². The maximum atomic E-state index is 13.5. The van der Waals surface area contributed by atoms with Gasteiger partial charge in [0.1, 0.15) is 9.79 Å². The van der Waals surface area contributed by atoms with Gasteiger partial charge < -0.3 is 29.2 Å². The summed E-state index contributed by atoms with van der Waals surface area (Å²) in [6.45, 7) is 7.51. The van der Waals surface area contributed by atoms with Gasteiger partial charge in [0, 0.05) is 0 Å². The van der Waals surface area contributed by atoms with Crippen molar-refractivity contribution < 1.29 is 37.6 Å². The first-order valence-electron chi connectivity index (χ1n) is 9.31. The summed E-state index contributed by atoms with van der Waals surface area (Å²) in [6.07, 6.45) is 0. The number of ether oxygens (including phenoxy) is 4. The molecule has 2 rings (SSSR count). The van der Waals surface area contributed by atoms with Crippen LogP contribution >= 0.6 is 0 Å². The molecular weight excluding hydrogens is 400 g/mol.